The van der Waals surface area contributed by atoms with Gasteiger partial charge in [-0.2, -0.15) is 19.3 Å². The molecule has 0 atom stereocenters. The molecule has 0 bridgehead atoms. The maximum Gasteiger partial charge on any atom is 0.232 e. The van der Waals surface area contributed by atoms with Crippen LogP contribution in [0.25, 0.3) is 0 Å². The Labute approximate surface area is 193 Å². The number of hydrogen-bond donors (Lipinski definition) is 3. The number of rotatable bonds is 9. The third kappa shape index (κ3) is 6.55. The smallest absolute Gasteiger partial charge is 0.232 e. The summed E-state index contributed by atoms with van der Waals surface area (Å²) in [5.41, 5.74) is 13.3. The molecule has 2 aromatic rings. The number of ether oxygens (including phenoxy) is 1. The normalized spacial score (nSPS) is 15.3. The molecule has 5 N–H and O–H groups in total. The zero-order valence-electron chi connectivity index (χ0n) is 18.2. The molecular weight excluding hydrogens is 456 g/mol. The van der Waals surface area contributed by atoms with Crippen LogP contribution >= 0.6 is 11.6 Å². The molecule has 0 saturated carbocycles. The predicted octanol–water partition coefficient (Wildman–Crippen LogP) is 1.18. The summed E-state index contributed by atoms with van der Waals surface area (Å²) in [6.07, 6.45) is -0.00437. The molecule has 32 heavy (non-hydrogen) atoms. The molecule has 1 aromatic heterocycles. The highest BCUT2D eigenvalue weighted by Crippen LogP contribution is 2.20. The highest BCUT2D eigenvalue weighted by Gasteiger charge is 2.28. The van der Waals surface area contributed by atoms with Crippen molar-refractivity contribution in [2.45, 2.75) is 26.5 Å². The van der Waals surface area contributed by atoms with Crippen LogP contribution in [0, 0.1) is 0 Å². The van der Waals surface area contributed by atoms with Crippen LogP contribution in [-0.4, -0.2) is 72.3 Å². The number of nitrogens with zero attached hydrogens (tertiary/aromatic N) is 5. The van der Waals surface area contributed by atoms with E-state index >= 15 is 0 Å². The Hall–Kier alpha value is -2.41. The highest BCUT2D eigenvalue weighted by atomic mass is 35.5. The molecule has 2 heterocycles. The lowest BCUT2D eigenvalue weighted by Crippen LogP contribution is -2.50. The standard InChI is InChI=1S/C19H29ClN8O3S/c1-13(2)31-9-10-32(29,30)28-7-5-27(6-8-28)19-25-17(22)24-18(26-19)23-12-14-3-4-15(20)11-16(14)21/h3-4,11,13H,5-10,12,21H2,1-2H3,(H3,22,23,24,25,26). The number of halogens is 1. The van der Waals surface area contributed by atoms with Crippen molar-refractivity contribution in [1.29, 1.82) is 0 Å². The molecule has 1 aliphatic rings. The summed E-state index contributed by atoms with van der Waals surface area (Å²) < 4.78 is 31.9. The van der Waals surface area contributed by atoms with Crippen molar-refractivity contribution in [3.63, 3.8) is 0 Å². The van der Waals surface area contributed by atoms with Gasteiger partial charge in [0.25, 0.3) is 0 Å². The van der Waals surface area contributed by atoms with Gasteiger partial charge in [-0.05, 0) is 31.5 Å². The van der Waals surface area contributed by atoms with E-state index in [1.54, 1.807) is 12.1 Å². The van der Waals surface area contributed by atoms with Crippen molar-refractivity contribution in [3.05, 3.63) is 28.8 Å². The number of aromatic nitrogens is 3. The topological polar surface area (TPSA) is 153 Å². The van der Waals surface area contributed by atoms with E-state index in [0.29, 0.717) is 55.3 Å². The first-order valence-electron chi connectivity index (χ1n) is 10.3. The van der Waals surface area contributed by atoms with E-state index in [4.69, 9.17) is 27.8 Å². The van der Waals surface area contributed by atoms with E-state index < -0.39 is 10.0 Å². The van der Waals surface area contributed by atoms with Gasteiger partial charge in [0.2, 0.25) is 27.9 Å². The lowest BCUT2D eigenvalue weighted by molar-refractivity contribution is 0.0906. The van der Waals surface area contributed by atoms with Crippen LogP contribution < -0.4 is 21.7 Å². The van der Waals surface area contributed by atoms with E-state index in [0.717, 1.165) is 5.56 Å². The molecule has 13 heteroatoms. The second kappa shape index (κ2) is 10.5. The lowest BCUT2D eigenvalue weighted by Gasteiger charge is -2.34. The molecule has 0 aliphatic carbocycles. The average molecular weight is 485 g/mol. The Morgan fingerprint density at radius 2 is 1.88 bits per heavy atom. The number of sulfonamides is 1. The molecule has 0 radical (unpaired) electrons. The number of anilines is 4. The first-order chi connectivity index (χ1) is 15.1. The van der Waals surface area contributed by atoms with Gasteiger partial charge in [-0.1, -0.05) is 17.7 Å². The second-order valence-electron chi connectivity index (χ2n) is 7.64. The van der Waals surface area contributed by atoms with E-state index in [-0.39, 0.29) is 24.4 Å². The monoisotopic (exact) mass is 484 g/mol. The summed E-state index contributed by atoms with van der Waals surface area (Å²) in [6.45, 7) is 5.86. The van der Waals surface area contributed by atoms with Crippen molar-refractivity contribution in [2.24, 2.45) is 0 Å². The van der Waals surface area contributed by atoms with Crippen molar-refractivity contribution in [2.75, 3.05) is 60.2 Å². The van der Waals surface area contributed by atoms with Gasteiger partial charge in [0.1, 0.15) is 0 Å². The van der Waals surface area contributed by atoms with Crippen LogP contribution in [0.1, 0.15) is 19.4 Å². The lowest BCUT2D eigenvalue weighted by atomic mass is 10.2. The quantitative estimate of drug-likeness (QED) is 0.442. The minimum Gasteiger partial charge on any atom is -0.398 e. The Kier molecular flexibility index (Phi) is 7.93. The minimum atomic E-state index is -3.38. The third-order valence-corrected chi connectivity index (χ3v) is 6.96. The van der Waals surface area contributed by atoms with E-state index in [9.17, 15) is 8.42 Å². The fourth-order valence-corrected chi connectivity index (χ4v) is 4.65. The molecule has 1 saturated heterocycles. The molecule has 1 aromatic carbocycles. The van der Waals surface area contributed by atoms with Crippen LogP contribution in [0.5, 0.6) is 0 Å². The summed E-state index contributed by atoms with van der Waals surface area (Å²) in [4.78, 5) is 14.7. The maximum atomic E-state index is 12.5. The summed E-state index contributed by atoms with van der Waals surface area (Å²) in [5, 5.41) is 3.66. The molecule has 1 fully saturated rings. The van der Waals surface area contributed by atoms with Gasteiger partial charge in [-0.25, -0.2) is 8.42 Å². The van der Waals surface area contributed by atoms with Crippen LogP contribution in [-0.2, 0) is 21.3 Å². The van der Waals surface area contributed by atoms with Crippen molar-refractivity contribution >= 4 is 45.2 Å². The fourth-order valence-electron chi connectivity index (χ4n) is 3.19. The van der Waals surface area contributed by atoms with Gasteiger partial charge in [-0.15, -0.1) is 0 Å². The van der Waals surface area contributed by atoms with E-state index in [1.807, 2.05) is 24.8 Å². The summed E-state index contributed by atoms with van der Waals surface area (Å²) in [7, 11) is -3.38. The maximum absolute atomic E-state index is 12.5. The number of piperazine rings is 1. The molecule has 0 amide bonds. The zero-order chi connectivity index (χ0) is 23.3. The van der Waals surface area contributed by atoms with Gasteiger partial charge >= 0.3 is 0 Å². The van der Waals surface area contributed by atoms with Gasteiger partial charge in [0.05, 0.1) is 18.5 Å². The number of benzene rings is 1. The fraction of sp³-hybridized carbons (Fsp3) is 0.526. The molecule has 3 rings (SSSR count). The summed E-state index contributed by atoms with van der Waals surface area (Å²) in [5.74, 6) is 0.737. The largest absolute Gasteiger partial charge is 0.398 e. The first-order valence-corrected chi connectivity index (χ1v) is 12.3. The number of nitrogen functional groups attached to an aromatic ring is 2. The summed E-state index contributed by atoms with van der Waals surface area (Å²) >= 11 is 5.93. The first kappa shape index (κ1) is 24.2. The van der Waals surface area contributed by atoms with Gasteiger partial charge in [0.15, 0.2) is 0 Å². The van der Waals surface area contributed by atoms with Crippen LogP contribution in [0.15, 0.2) is 18.2 Å². The molecular formula is C19H29ClN8O3S. The predicted molar refractivity (Wildman–Crippen MR) is 126 cm³/mol. The Morgan fingerprint density at radius 1 is 1.16 bits per heavy atom. The van der Waals surface area contributed by atoms with E-state index in [2.05, 4.69) is 20.3 Å². The van der Waals surface area contributed by atoms with Crippen LogP contribution in [0.3, 0.4) is 0 Å². The highest BCUT2D eigenvalue weighted by molar-refractivity contribution is 7.89. The van der Waals surface area contributed by atoms with Gasteiger partial charge < -0.3 is 26.4 Å². The second-order valence-corrected chi connectivity index (χ2v) is 10.2. The summed E-state index contributed by atoms with van der Waals surface area (Å²) in [6, 6.07) is 5.25. The Balaban J connectivity index is 1.60. The number of nitrogens with one attached hydrogen (secondary N) is 1. The SMILES string of the molecule is CC(C)OCCS(=O)(=O)N1CCN(c2nc(N)nc(NCc3ccc(Cl)cc3N)n2)CC1. The van der Waals surface area contributed by atoms with E-state index in [1.165, 1.54) is 4.31 Å². The zero-order valence-corrected chi connectivity index (χ0v) is 19.7. The molecule has 176 valence electrons. The molecule has 11 nitrogen and oxygen atoms in total. The van der Waals surface area contributed by atoms with Crippen LogP contribution in [0.2, 0.25) is 5.02 Å². The van der Waals surface area contributed by atoms with Gasteiger partial charge in [0, 0.05) is 43.4 Å². The molecule has 0 spiro atoms. The molecule has 0 unspecified atom stereocenters. The van der Waals surface area contributed by atoms with Crippen molar-refractivity contribution in [3.8, 4) is 0 Å². The average Bonchev–Trinajstić information content (AvgIpc) is 2.72. The van der Waals surface area contributed by atoms with Crippen molar-refractivity contribution in [1.82, 2.24) is 19.3 Å². The third-order valence-electron chi connectivity index (χ3n) is 4.89. The molecule has 1 aliphatic heterocycles. The Bertz CT molecular complexity index is 1030. The van der Waals surface area contributed by atoms with Crippen molar-refractivity contribution < 1.29 is 13.2 Å². The van der Waals surface area contributed by atoms with Crippen LogP contribution in [0.4, 0.5) is 23.5 Å². The minimum absolute atomic E-state index is 0.00437. The Morgan fingerprint density at radius 3 is 2.53 bits per heavy atom. The number of nitrogens with two attached hydrogens (primary N) is 2. The number of hydrogen-bond acceptors (Lipinski definition) is 10. The van der Waals surface area contributed by atoms with Gasteiger partial charge in [-0.3, -0.25) is 0 Å².